The fraction of sp³-hybridized carbons (Fsp3) is 0.400. The average Bonchev–Trinajstić information content (AvgIpc) is 2.86. The Kier molecular flexibility index (Phi) is 7.11. The number of hydrogen-bond acceptors (Lipinski definition) is 7. The number of carbonyl (C=O) groups excluding carboxylic acids is 1. The molecule has 0 saturated heterocycles. The van der Waals surface area contributed by atoms with E-state index in [0.717, 1.165) is 46.6 Å². The van der Waals surface area contributed by atoms with Crippen LogP contribution in [0.3, 0.4) is 0 Å². The van der Waals surface area contributed by atoms with Crippen molar-refractivity contribution >= 4 is 34.3 Å². The fourth-order valence-corrected chi connectivity index (χ4v) is 5.32. The summed E-state index contributed by atoms with van der Waals surface area (Å²) in [6.07, 6.45) is 7.42. The molecule has 1 aliphatic carbocycles. The van der Waals surface area contributed by atoms with Gasteiger partial charge in [0.25, 0.3) is 11.1 Å². The number of rotatable bonds is 7. The lowest BCUT2D eigenvalue weighted by Gasteiger charge is -2.18. The SMILES string of the molecule is CC(Sc1nc2ccccc2c(=O)n1CCC1=CCCCC1)C(=O)c1c(N)n(C)c(=O)n(C)c1=O. The number of Topliss-reactive ketones (excluding diaryl/α,β-unsaturated/α-hetero) is 1. The summed E-state index contributed by atoms with van der Waals surface area (Å²) in [6, 6.07) is 7.13. The number of allylic oxidation sites excluding steroid dienone is 2. The van der Waals surface area contributed by atoms with Crippen molar-refractivity contribution in [1.82, 2.24) is 18.7 Å². The second-order valence-corrected chi connectivity index (χ2v) is 10.1. The number of hydrogen-bond donors (Lipinski definition) is 1. The van der Waals surface area contributed by atoms with Crippen molar-refractivity contribution in [1.29, 1.82) is 0 Å². The highest BCUT2D eigenvalue weighted by atomic mass is 32.2. The Morgan fingerprint density at radius 2 is 1.86 bits per heavy atom. The van der Waals surface area contributed by atoms with Gasteiger partial charge < -0.3 is 5.73 Å². The molecule has 2 aromatic heterocycles. The quantitative estimate of drug-likeness (QED) is 0.231. The van der Waals surface area contributed by atoms with Crippen LogP contribution in [0, 0.1) is 0 Å². The van der Waals surface area contributed by atoms with Crippen molar-refractivity contribution in [3.63, 3.8) is 0 Å². The zero-order valence-corrected chi connectivity index (χ0v) is 20.9. The van der Waals surface area contributed by atoms with Gasteiger partial charge in [0.05, 0.1) is 16.2 Å². The highest BCUT2D eigenvalue weighted by molar-refractivity contribution is 8.00. The summed E-state index contributed by atoms with van der Waals surface area (Å²) in [6.45, 7) is 2.10. The van der Waals surface area contributed by atoms with Crippen molar-refractivity contribution in [3.05, 3.63) is 72.7 Å². The molecule has 0 amide bonds. The lowest BCUT2D eigenvalue weighted by molar-refractivity contribution is 0.0992. The van der Waals surface area contributed by atoms with Crippen LogP contribution < -0.4 is 22.5 Å². The molecule has 0 fully saturated rings. The third-order valence-corrected chi connectivity index (χ3v) is 7.57. The van der Waals surface area contributed by atoms with Crippen molar-refractivity contribution in [2.45, 2.75) is 56.0 Å². The maximum atomic E-state index is 13.4. The molecule has 0 aliphatic heterocycles. The minimum atomic E-state index is -0.768. The Morgan fingerprint density at radius 1 is 1.11 bits per heavy atom. The minimum Gasteiger partial charge on any atom is -0.384 e. The molecule has 184 valence electrons. The van der Waals surface area contributed by atoms with Crippen molar-refractivity contribution in [2.24, 2.45) is 14.1 Å². The van der Waals surface area contributed by atoms with Crippen LogP contribution in [0.15, 0.2) is 55.5 Å². The van der Waals surface area contributed by atoms with Gasteiger partial charge in [-0.2, -0.15) is 0 Å². The maximum absolute atomic E-state index is 13.4. The second kappa shape index (κ2) is 10.1. The number of carbonyl (C=O) groups is 1. The van der Waals surface area contributed by atoms with Gasteiger partial charge in [0, 0.05) is 20.6 Å². The first-order chi connectivity index (χ1) is 16.7. The number of nitrogen functional groups attached to an aromatic ring is 1. The molecule has 1 aromatic carbocycles. The molecule has 0 saturated carbocycles. The van der Waals surface area contributed by atoms with Crippen LogP contribution in [-0.2, 0) is 20.6 Å². The van der Waals surface area contributed by atoms with E-state index in [2.05, 4.69) is 6.08 Å². The van der Waals surface area contributed by atoms with E-state index in [-0.39, 0.29) is 16.9 Å². The Bertz CT molecular complexity index is 1520. The molecule has 1 aliphatic rings. The number of fused-ring (bicyclic) bond motifs is 1. The molecule has 4 rings (SSSR count). The largest absolute Gasteiger partial charge is 0.384 e. The summed E-state index contributed by atoms with van der Waals surface area (Å²) >= 11 is 1.11. The summed E-state index contributed by atoms with van der Waals surface area (Å²) in [5.41, 5.74) is 6.12. The zero-order valence-electron chi connectivity index (χ0n) is 20.1. The lowest BCUT2D eigenvalue weighted by Crippen LogP contribution is -2.42. The standard InChI is InChI=1S/C25H29N5O4S/c1-15(20(31)19-21(26)28(2)25(34)29(3)23(19)33)35-24-27-18-12-8-7-11-17(18)22(32)30(24)14-13-16-9-5-4-6-10-16/h7-9,11-12,15H,4-6,10,13-14,26H2,1-3H3. The molecular weight excluding hydrogens is 466 g/mol. The van der Waals surface area contributed by atoms with Crippen molar-refractivity contribution in [3.8, 4) is 0 Å². The first-order valence-electron chi connectivity index (χ1n) is 11.6. The smallest absolute Gasteiger partial charge is 0.332 e. The van der Waals surface area contributed by atoms with E-state index in [1.54, 1.807) is 29.7 Å². The van der Waals surface area contributed by atoms with Gasteiger partial charge >= 0.3 is 5.69 Å². The number of nitrogens with zero attached hydrogens (tertiary/aromatic N) is 4. The number of anilines is 1. The molecular formula is C25H29N5O4S. The van der Waals surface area contributed by atoms with Gasteiger partial charge in [-0.1, -0.05) is 35.5 Å². The molecule has 2 N–H and O–H groups in total. The van der Waals surface area contributed by atoms with E-state index in [1.165, 1.54) is 26.1 Å². The number of aromatic nitrogens is 4. The molecule has 0 spiro atoms. The monoisotopic (exact) mass is 495 g/mol. The summed E-state index contributed by atoms with van der Waals surface area (Å²) < 4.78 is 3.56. The van der Waals surface area contributed by atoms with Gasteiger partial charge in [-0.25, -0.2) is 9.78 Å². The van der Waals surface area contributed by atoms with E-state index >= 15 is 0 Å². The van der Waals surface area contributed by atoms with Gasteiger partial charge in [0.2, 0.25) is 0 Å². The molecule has 0 bridgehead atoms. The Labute approximate surface area is 206 Å². The van der Waals surface area contributed by atoms with E-state index in [9.17, 15) is 19.2 Å². The average molecular weight is 496 g/mol. The van der Waals surface area contributed by atoms with E-state index < -0.39 is 22.3 Å². The van der Waals surface area contributed by atoms with Crippen LogP contribution in [0.4, 0.5) is 5.82 Å². The van der Waals surface area contributed by atoms with E-state index in [4.69, 9.17) is 10.7 Å². The van der Waals surface area contributed by atoms with Crippen LogP contribution >= 0.6 is 11.8 Å². The first kappa shape index (κ1) is 24.7. The molecule has 35 heavy (non-hydrogen) atoms. The Morgan fingerprint density at radius 3 is 2.57 bits per heavy atom. The van der Waals surface area contributed by atoms with Gasteiger partial charge in [0.1, 0.15) is 11.4 Å². The number of benzene rings is 1. The topological polar surface area (TPSA) is 122 Å². The Hall–Kier alpha value is -3.40. The zero-order chi connectivity index (χ0) is 25.3. The highest BCUT2D eigenvalue weighted by Gasteiger charge is 2.27. The molecule has 0 radical (unpaired) electrons. The van der Waals surface area contributed by atoms with E-state index in [1.807, 2.05) is 6.07 Å². The normalized spacial score (nSPS) is 14.7. The van der Waals surface area contributed by atoms with Gasteiger partial charge in [-0.05, 0) is 51.2 Å². The predicted octanol–water partition coefficient (Wildman–Crippen LogP) is 2.63. The first-order valence-corrected chi connectivity index (χ1v) is 12.5. The molecule has 3 aromatic rings. The van der Waals surface area contributed by atoms with Crippen molar-refractivity contribution < 1.29 is 4.79 Å². The number of ketones is 1. The predicted molar refractivity (Wildman–Crippen MR) is 138 cm³/mol. The lowest BCUT2D eigenvalue weighted by atomic mass is 9.97. The second-order valence-electron chi connectivity index (χ2n) is 8.82. The fourth-order valence-electron chi connectivity index (χ4n) is 4.33. The molecule has 9 nitrogen and oxygen atoms in total. The van der Waals surface area contributed by atoms with E-state index in [0.29, 0.717) is 22.6 Å². The van der Waals surface area contributed by atoms with Crippen LogP contribution in [0.5, 0.6) is 0 Å². The van der Waals surface area contributed by atoms with Crippen LogP contribution in [0.25, 0.3) is 10.9 Å². The summed E-state index contributed by atoms with van der Waals surface area (Å²) in [5, 5.41) is 0.159. The molecule has 2 heterocycles. The van der Waals surface area contributed by atoms with Crippen LogP contribution in [-0.4, -0.2) is 29.7 Å². The number of para-hydroxylation sites is 1. The summed E-state index contributed by atoms with van der Waals surface area (Å²) in [5.74, 6) is -0.698. The van der Waals surface area contributed by atoms with Gasteiger partial charge in [-0.15, -0.1) is 0 Å². The third-order valence-electron chi connectivity index (χ3n) is 6.48. The van der Waals surface area contributed by atoms with Crippen LogP contribution in [0.1, 0.15) is 49.4 Å². The van der Waals surface area contributed by atoms with Crippen LogP contribution in [0.2, 0.25) is 0 Å². The van der Waals surface area contributed by atoms with Gasteiger partial charge in [0.15, 0.2) is 10.9 Å². The highest BCUT2D eigenvalue weighted by Crippen LogP contribution is 2.27. The van der Waals surface area contributed by atoms with Crippen molar-refractivity contribution in [2.75, 3.05) is 5.73 Å². The number of thioether (sulfide) groups is 1. The summed E-state index contributed by atoms with van der Waals surface area (Å²) in [4.78, 5) is 56.2. The number of nitrogens with two attached hydrogens (primary N) is 1. The molecule has 1 unspecified atom stereocenters. The Balaban J connectivity index is 1.72. The summed E-state index contributed by atoms with van der Waals surface area (Å²) in [7, 11) is 2.72. The third kappa shape index (κ3) is 4.75. The minimum absolute atomic E-state index is 0.160. The van der Waals surface area contributed by atoms with Gasteiger partial charge in [-0.3, -0.25) is 28.1 Å². The molecule has 1 atom stereocenters. The maximum Gasteiger partial charge on any atom is 0.332 e. The molecule has 10 heteroatoms.